The highest BCUT2D eigenvalue weighted by molar-refractivity contribution is 5.18. The van der Waals surface area contributed by atoms with Crippen molar-refractivity contribution in [1.29, 1.82) is 0 Å². The van der Waals surface area contributed by atoms with Gasteiger partial charge in [0.25, 0.3) is 0 Å². The Hall–Kier alpha value is -0.870. The Labute approximate surface area is 91.4 Å². The van der Waals surface area contributed by atoms with Crippen LogP contribution in [0.4, 0.5) is 0 Å². The highest BCUT2D eigenvalue weighted by Gasteiger charge is 2.18. The fourth-order valence-electron chi connectivity index (χ4n) is 1.38. The van der Waals surface area contributed by atoms with Gasteiger partial charge in [0, 0.05) is 31.0 Å². The number of hydrogen-bond acceptors (Lipinski definition) is 3. The van der Waals surface area contributed by atoms with Gasteiger partial charge < -0.3 is 10.1 Å². The maximum Gasteiger partial charge on any atom is 0.0746 e. The average Bonchev–Trinajstić information content (AvgIpc) is 2.61. The third kappa shape index (κ3) is 3.32. The molecule has 4 nitrogen and oxygen atoms in total. The van der Waals surface area contributed by atoms with E-state index in [1.54, 1.807) is 7.11 Å². The van der Waals surface area contributed by atoms with E-state index in [0.717, 1.165) is 12.2 Å². The molecule has 0 aliphatic carbocycles. The molecule has 0 bridgehead atoms. The van der Waals surface area contributed by atoms with E-state index in [1.807, 2.05) is 13.1 Å². The molecule has 1 heterocycles. The van der Waals surface area contributed by atoms with Gasteiger partial charge in [-0.05, 0) is 27.7 Å². The number of H-pyrrole nitrogens is 1. The molecule has 0 radical (unpaired) electrons. The molecule has 0 aromatic carbocycles. The quantitative estimate of drug-likeness (QED) is 0.780. The number of aromatic amines is 1. The van der Waals surface area contributed by atoms with Gasteiger partial charge in [-0.2, -0.15) is 5.10 Å². The molecular weight excluding hydrogens is 190 g/mol. The summed E-state index contributed by atoms with van der Waals surface area (Å²) >= 11 is 0. The van der Waals surface area contributed by atoms with Crippen molar-refractivity contribution in [2.24, 2.45) is 0 Å². The van der Waals surface area contributed by atoms with E-state index >= 15 is 0 Å². The van der Waals surface area contributed by atoms with Crippen molar-refractivity contribution in [3.63, 3.8) is 0 Å². The first-order valence-corrected chi connectivity index (χ1v) is 5.24. The fraction of sp³-hybridized carbons (Fsp3) is 0.727. The predicted octanol–water partition coefficient (Wildman–Crippen LogP) is 1.79. The summed E-state index contributed by atoms with van der Waals surface area (Å²) in [5.74, 6) is 0. The van der Waals surface area contributed by atoms with Crippen molar-refractivity contribution < 1.29 is 4.74 Å². The molecule has 1 aromatic heterocycles. The maximum atomic E-state index is 5.35. The van der Waals surface area contributed by atoms with Crippen LogP contribution < -0.4 is 5.32 Å². The summed E-state index contributed by atoms with van der Waals surface area (Å²) in [6.07, 6.45) is 1.87. The first-order chi connectivity index (χ1) is 6.96. The lowest BCUT2D eigenvalue weighted by molar-refractivity contribution is 0.0214. The highest BCUT2D eigenvalue weighted by Crippen LogP contribution is 2.15. The van der Waals surface area contributed by atoms with Crippen LogP contribution in [-0.2, 0) is 4.74 Å². The first-order valence-electron chi connectivity index (χ1n) is 5.24. The van der Waals surface area contributed by atoms with Crippen molar-refractivity contribution >= 4 is 0 Å². The van der Waals surface area contributed by atoms with Crippen LogP contribution in [0.3, 0.4) is 0 Å². The Morgan fingerprint density at radius 3 is 2.73 bits per heavy atom. The molecule has 1 unspecified atom stereocenters. The van der Waals surface area contributed by atoms with Crippen molar-refractivity contribution in [3.8, 4) is 0 Å². The fourth-order valence-corrected chi connectivity index (χ4v) is 1.38. The number of nitrogens with zero attached hydrogens (tertiary/aromatic N) is 1. The number of ether oxygens (including phenoxy) is 1. The standard InChI is InChI=1S/C11H21N3O/c1-8(10-6-13-14-9(10)2)12-7-11(3,4)15-5/h6,8,12H,7H2,1-5H3,(H,13,14). The van der Waals surface area contributed by atoms with Crippen LogP contribution in [0.1, 0.15) is 38.1 Å². The first kappa shape index (κ1) is 12.2. The minimum Gasteiger partial charge on any atom is -0.377 e. The van der Waals surface area contributed by atoms with Gasteiger partial charge in [-0.3, -0.25) is 5.10 Å². The van der Waals surface area contributed by atoms with Gasteiger partial charge in [0.05, 0.1) is 11.8 Å². The van der Waals surface area contributed by atoms with Gasteiger partial charge >= 0.3 is 0 Å². The van der Waals surface area contributed by atoms with Gasteiger partial charge in [-0.1, -0.05) is 0 Å². The van der Waals surface area contributed by atoms with Crippen molar-refractivity contribution in [3.05, 3.63) is 17.5 Å². The molecule has 86 valence electrons. The smallest absolute Gasteiger partial charge is 0.0746 e. The maximum absolute atomic E-state index is 5.35. The summed E-state index contributed by atoms with van der Waals surface area (Å²) < 4.78 is 5.35. The third-order valence-corrected chi connectivity index (χ3v) is 2.72. The van der Waals surface area contributed by atoms with Crippen LogP contribution in [0, 0.1) is 6.92 Å². The largest absolute Gasteiger partial charge is 0.377 e. The van der Waals surface area contributed by atoms with Crippen LogP contribution in [0.25, 0.3) is 0 Å². The number of methoxy groups -OCH3 is 1. The van der Waals surface area contributed by atoms with E-state index in [4.69, 9.17) is 4.74 Å². The molecule has 1 aromatic rings. The van der Waals surface area contributed by atoms with Crippen molar-refractivity contribution in [2.75, 3.05) is 13.7 Å². The Kier molecular flexibility index (Phi) is 3.88. The number of aromatic nitrogens is 2. The summed E-state index contributed by atoms with van der Waals surface area (Å²) in [7, 11) is 1.73. The second kappa shape index (κ2) is 4.77. The van der Waals surface area contributed by atoms with Crippen LogP contribution in [0.5, 0.6) is 0 Å². The lowest BCUT2D eigenvalue weighted by Gasteiger charge is -2.25. The van der Waals surface area contributed by atoms with Crippen LogP contribution in [0.15, 0.2) is 6.20 Å². The highest BCUT2D eigenvalue weighted by atomic mass is 16.5. The Morgan fingerprint density at radius 2 is 2.27 bits per heavy atom. The number of nitrogens with one attached hydrogen (secondary N) is 2. The Bertz CT molecular complexity index is 307. The topological polar surface area (TPSA) is 49.9 Å². The monoisotopic (exact) mass is 211 g/mol. The molecule has 2 N–H and O–H groups in total. The van der Waals surface area contributed by atoms with Crippen LogP contribution >= 0.6 is 0 Å². The molecule has 15 heavy (non-hydrogen) atoms. The minimum absolute atomic E-state index is 0.133. The van der Waals surface area contributed by atoms with E-state index in [9.17, 15) is 0 Å². The molecule has 0 amide bonds. The lowest BCUT2D eigenvalue weighted by atomic mass is 10.1. The number of hydrogen-bond donors (Lipinski definition) is 2. The zero-order valence-electron chi connectivity index (χ0n) is 10.2. The van der Waals surface area contributed by atoms with E-state index in [2.05, 4.69) is 36.3 Å². The van der Waals surface area contributed by atoms with Crippen molar-refractivity contribution in [1.82, 2.24) is 15.5 Å². The lowest BCUT2D eigenvalue weighted by Crippen LogP contribution is -2.37. The van der Waals surface area contributed by atoms with Gasteiger partial charge in [-0.25, -0.2) is 0 Å². The number of aryl methyl sites for hydroxylation is 1. The summed E-state index contributed by atoms with van der Waals surface area (Å²) in [6.45, 7) is 9.10. The minimum atomic E-state index is -0.133. The molecule has 1 atom stereocenters. The summed E-state index contributed by atoms with van der Waals surface area (Å²) in [6, 6.07) is 0.290. The summed E-state index contributed by atoms with van der Waals surface area (Å²) in [5.41, 5.74) is 2.19. The second-order valence-corrected chi connectivity index (χ2v) is 4.52. The van der Waals surface area contributed by atoms with E-state index in [-0.39, 0.29) is 11.6 Å². The van der Waals surface area contributed by atoms with E-state index in [0.29, 0.717) is 0 Å². The molecule has 1 rings (SSSR count). The SMILES string of the molecule is COC(C)(C)CNC(C)c1cn[nH]c1C. The zero-order chi connectivity index (χ0) is 11.5. The molecule has 0 aliphatic rings. The van der Waals surface area contributed by atoms with Crippen LogP contribution in [-0.4, -0.2) is 29.5 Å². The molecule has 0 saturated carbocycles. The summed E-state index contributed by atoms with van der Waals surface area (Å²) in [5, 5.41) is 10.4. The van der Waals surface area contributed by atoms with Gasteiger partial charge in [0.1, 0.15) is 0 Å². The molecule has 0 spiro atoms. The van der Waals surface area contributed by atoms with E-state index in [1.165, 1.54) is 5.56 Å². The Morgan fingerprint density at radius 1 is 1.60 bits per heavy atom. The van der Waals surface area contributed by atoms with Gasteiger partial charge in [0.15, 0.2) is 0 Å². The van der Waals surface area contributed by atoms with E-state index < -0.39 is 0 Å². The Balaban J connectivity index is 2.50. The molecule has 4 heteroatoms. The van der Waals surface area contributed by atoms with Gasteiger partial charge in [-0.15, -0.1) is 0 Å². The van der Waals surface area contributed by atoms with Crippen molar-refractivity contribution in [2.45, 2.75) is 39.3 Å². The second-order valence-electron chi connectivity index (χ2n) is 4.52. The average molecular weight is 211 g/mol. The van der Waals surface area contributed by atoms with Crippen LogP contribution in [0.2, 0.25) is 0 Å². The molecule has 0 aliphatic heterocycles. The third-order valence-electron chi connectivity index (χ3n) is 2.72. The predicted molar refractivity (Wildman–Crippen MR) is 60.8 cm³/mol. The normalized spacial score (nSPS) is 14.2. The molecule has 0 fully saturated rings. The molecule has 0 saturated heterocycles. The summed E-state index contributed by atoms with van der Waals surface area (Å²) in [4.78, 5) is 0. The zero-order valence-corrected chi connectivity index (χ0v) is 10.2. The molecular formula is C11H21N3O. The number of rotatable bonds is 5. The van der Waals surface area contributed by atoms with Gasteiger partial charge in [0.2, 0.25) is 0 Å².